The molecule has 1 aromatic rings. The van der Waals surface area contributed by atoms with Crippen molar-refractivity contribution in [2.45, 2.75) is 32.4 Å². The van der Waals surface area contributed by atoms with Gasteiger partial charge < -0.3 is 10.6 Å². The third kappa shape index (κ3) is 5.20. The topological polar surface area (TPSA) is 36.4 Å². The van der Waals surface area contributed by atoms with E-state index >= 15 is 0 Å². The maximum absolute atomic E-state index is 12.7. The van der Waals surface area contributed by atoms with Crippen molar-refractivity contribution in [1.29, 1.82) is 0 Å². The van der Waals surface area contributed by atoms with E-state index in [4.69, 9.17) is 0 Å². The molecule has 2 N–H and O–H groups in total. The first kappa shape index (κ1) is 15.2. The van der Waals surface area contributed by atoms with Crippen molar-refractivity contribution < 1.29 is 4.39 Å². The quantitative estimate of drug-likeness (QED) is 0.490. The first-order chi connectivity index (χ1) is 8.28. The van der Waals surface area contributed by atoms with Gasteiger partial charge in [-0.2, -0.15) is 0 Å². The van der Waals surface area contributed by atoms with Gasteiger partial charge in [-0.1, -0.05) is 12.1 Å². The molecule has 0 saturated heterocycles. The summed E-state index contributed by atoms with van der Waals surface area (Å²) in [5.74, 6) is 0.639. The highest BCUT2D eigenvalue weighted by atomic mass is 127. The summed E-state index contributed by atoms with van der Waals surface area (Å²) in [7, 11) is 0. The minimum atomic E-state index is -0.208. The van der Waals surface area contributed by atoms with Crippen LogP contribution in [0.3, 0.4) is 0 Å². The Bertz CT molecular complexity index is 388. The van der Waals surface area contributed by atoms with Crippen LogP contribution in [0.15, 0.2) is 29.3 Å². The van der Waals surface area contributed by atoms with E-state index in [1.165, 1.54) is 25.0 Å². The van der Waals surface area contributed by atoms with Crippen molar-refractivity contribution in [3.63, 3.8) is 0 Å². The molecule has 0 unspecified atom stereocenters. The van der Waals surface area contributed by atoms with Crippen LogP contribution >= 0.6 is 24.0 Å². The molecule has 2 rings (SSSR count). The average molecular weight is 363 g/mol. The predicted octanol–water partition coefficient (Wildman–Crippen LogP) is 2.66. The van der Waals surface area contributed by atoms with Gasteiger partial charge in [-0.15, -0.1) is 24.0 Å². The van der Waals surface area contributed by atoms with Crippen LogP contribution in [0.2, 0.25) is 0 Å². The summed E-state index contributed by atoms with van der Waals surface area (Å²) in [6.45, 7) is 3.46. The molecule has 0 bridgehead atoms. The van der Waals surface area contributed by atoms with Gasteiger partial charge in [-0.25, -0.2) is 9.38 Å². The number of guanidine groups is 1. The molecule has 18 heavy (non-hydrogen) atoms. The van der Waals surface area contributed by atoms with Crippen LogP contribution in [0.25, 0.3) is 0 Å². The summed E-state index contributed by atoms with van der Waals surface area (Å²) in [5.41, 5.74) is 1.01. The van der Waals surface area contributed by atoms with Gasteiger partial charge in [0.1, 0.15) is 5.82 Å². The van der Waals surface area contributed by atoms with Crippen LogP contribution in [0.4, 0.5) is 4.39 Å². The number of aliphatic imine (C=N–C) groups is 1. The summed E-state index contributed by atoms with van der Waals surface area (Å²) >= 11 is 0. The Kier molecular flexibility index (Phi) is 6.38. The van der Waals surface area contributed by atoms with E-state index in [0.29, 0.717) is 12.6 Å². The SMILES string of the molecule is CCNC(=NCc1ccc(F)cc1)NC1CC1.I. The lowest BCUT2D eigenvalue weighted by Crippen LogP contribution is -2.38. The van der Waals surface area contributed by atoms with E-state index in [1.807, 2.05) is 6.92 Å². The Hall–Kier alpha value is -0.850. The zero-order valence-corrected chi connectivity index (χ0v) is 12.8. The Morgan fingerprint density at radius 3 is 2.56 bits per heavy atom. The van der Waals surface area contributed by atoms with Gasteiger partial charge in [0.2, 0.25) is 0 Å². The Labute approximate surface area is 124 Å². The van der Waals surface area contributed by atoms with Crippen molar-refractivity contribution in [1.82, 2.24) is 10.6 Å². The summed E-state index contributed by atoms with van der Waals surface area (Å²) in [6.07, 6.45) is 2.45. The monoisotopic (exact) mass is 363 g/mol. The molecule has 0 atom stereocenters. The molecule has 0 heterocycles. The minimum absolute atomic E-state index is 0. The van der Waals surface area contributed by atoms with Gasteiger partial charge in [0.25, 0.3) is 0 Å². The number of benzene rings is 1. The highest BCUT2D eigenvalue weighted by Crippen LogP contribution is 2.18. The van der Waals surface area contributed by atoms with Gasteiger partial charge in [0, 0.05) is 12.6 Å². The molecule has 5 heteroatoms. The van der Waals surface area contributed by atoms with Gasteiger partial charge in [-0.05, 0) is 37.5 Å². The standard InChI is InChI=1S/C13H18FN3.HI/c1-2-15-13(17-12-7-8-12)16-9-10-3-5-11(14)6-4-10;/h3-6,12H,2,7-9H2,1H3,(H2,15,16,17);1H. The van der Waals surface area contributed by atoms with Crippen molar-refractivity contribution in [3.8, 4) is 0 Å². The highest BCUT2D eigenvalue weighted by Gasteiger charge is 2.21. The molecular weight excluding hydrogens is 344 g/mol. The van der Waals surface area contributed by atoms with Crippen LogP contribution in [0.5, 0.6) is 0 Å². The normalized spacial score (nSPS) is 14.9. The van der Waals surface area contributed by atoms with Crippen molar-refractivity contribution in [2.24, 2.45) is 4.99 Å². The number of nitrogens with one attached hydrogen (secondary N) is 2. The second kappa shape index (κ2) is 7.56. The zero-order chi connectivity index (χ0) is 12.1. The lowest BCUT2D eigenvalue weighted by molar-refractivity contribution is 0.627. The fraction of sp³-hybridized carbons (Fsp3) is 0.462. The highest BCUT2D eigenvalue weighted by molar-refractivity contribution is 14.0. The van der Waals surface area contributed by atoms with Crippen LogP contribution in [-0.4, -0.2) is 18.5 Å². The number of hydrogen-bond acceptors (Lipinski definition) is 1. The third-order valence-corrected chi connectivity index (χ3v) is 2.60. The molecule has 0 aliphatic heterocycles. The summed E-state index contributed by atoms with van der Waals surface area (Å²) in [4.78, 5) is 4.47. The summed E-state index contributed by atoms with van der Waals surface area (Å²) in [5, 5.41) is 6.54. The second-order valence-electron chi connectivity index (χ2n) is 4.24. The summed E-state index contributed by atoms with van der Waals surface area (Å²) in [6, 6.07) is 7.04. The van der Waals surface area contributed by atoms with Crippen molar-refractivity contribution in [2.75, 3.05) is 6.54 Å². The average Bonchev–Trinajstić information content (AvgIpc) is 3.12. The van der Waals surface area contributed by atoms with E-state index < -0.39 is 0 Å². The molecule has 1 aliphatic rings. The lowest BCUT2D eigenvalue weighted by atomic mass is 10.2. The van der Waals surface area contributed by atoms with E-state index in [1.54, 1.807) is 12.1 Å². The largest absolute Gasteiger partial charge is 0.357 e. The van der Waals surface area contributed by atoms with Gasteiger partial charge >= 0.3 is 0 Å². The predicted molar refractivity (Wildman–Crippen MR) is 82.8 cm³/mol. The summed E-state index contributed by atoms with van der Waals surface area (Å²) < 4.78 is 12.7. The van der Waals surface area contributed by atoms with Crippen LogP contribution in [0, 0.1) is 5.82 Å². The van der Waals surface area contributed by atoms with E-state index in [2.05, 4.69) is 15.6 Å². The molecule has 0 spiro atoms. The van der Waals surface area contributed by atoms with E-state index in [0.717, 1.165) is 18.1 Å². The Morgan fingerprint density at radius 2 is 2.00 bits per heavy atom. The van der Waals surface area contributed by atoms with Crippen LogP contribution < -0.4 is 10.6 Å². The number of nitrogens with zero attached hydrogens (tertiary/aromatic N) is 1. The maximum atomic E-state index is 12.7. The third-order valence-electron chi connectivity index (χ3n) is 2.60. The molecule has 1 aliphatic carbocycles. The molecule has 0 radical (unpaired) electrons. The van der Waals surface area contributed by atoms with Gasteiger partial charge in [0.15, 0.2) is 5.96 Å². The van der Waals surface area contributed by atoms with Crippen molar-refractivity contribution in [3.05, 3.63) is 35.6 Å². The molecule has 0 amide bonds. The lowest BCUT2D eigenvalue weighted by Gasteiger charge is -2.10. The number of hydrogen-bond donors (Lipinski definition) is 2. The first-order valence-electron chi connectivity index (χ1n) is 6.07. The number of halogens is 2. The van der Waals surface area contributed by atoms with E-state index in [-0.39, 0.29) is 29.8 Å². The van der Waals surface area contributed by atoms with Gasteiger partial charge in [-0.3, -0.25) is 0 Å². The smallest absolute Gasteiger partial charge is 0.191 e. The molecule has 1 saturated carbocycles. The molecule has 3 nitrogen and oxygen atoms in total. The first-order valence-corrected chi connectivity index (χ1v) is 6.07. The molecule has 1 fully saturated rings. The maximum Gasteiger partial charge on any atom is 0.191 e. The molecule has 0 aromatic heterocycles. The molecule has 100 valence electrons. The molecule has 1 aromatic carbocycles. The molecular formula is C13H19FIN3. The second-order valence-corrected chi connectivity index (χ2v) is 4.24. The number of rotatable bonds is 4. The van der Waals surface area contributed by atoms with Crippen LogP contribution in [0.1, 0.15) is 25.3 Å². The fourth-order valence-corrected chi connectivity index (χ4v) is 1.50. The Morgan fingerprint density at radius 1 is 1.33 bits per heavy atom. The fourth-order valence-electron chi connectivity index (χ4n) is 1.50. The zero-order valence-electron chi connectivity index (χ0n) is 10.4. The van der Waals surface area contributed by atoms with Crippen LogP contribution in [-0.2, 0) is 6.54 Å². The Balaban J connectivity index is 0.00000162. The van der Waals surface area contributed by atoms with E-state index in [9.17, 15) is 4.39 Å². The van der Waals surface area contributed by atoms with Gasteiger partial charge in [0.05, 0.1) is 6.54 Å². The van der Waals surface area contributed by atoms with Crippen molar-refractivity contribution >= 4 is 29.9 Å². The minimum Gasteiger partial charge on any atom is -0.357 e.